The number of aromatic nitrogens is 2. The standard InChI is InChI=1S/C15H19Cl2N3/c1-15(2,3)18-9-13-6-7-20(19-13)10-11-8-12(16)4-5-14(11)17/h4-8,18H,9-10H2,1-3H3. The summed E-state index contributed by atoms with van der Waals surface area (Å²) in [5, 5.41) is 9.34. The fourth-order valence-corrected chi connectivity index (χ4v) is 2.15. The lowest BCUT2D eigenvalue weighted by atomic mass is 10.1. The summed E-state index contributed by atoms with van der Waals surface area (Å²) in [6.07, 6.45) is 1.96. The summed E-state index contributed by atoms with van der Waals surface area (Å²) in [7, 11) is 0. The molecule has 0 aliphatic rings. The highest BCUT2D eigenvalue weighted by Crippen LogP contribution is 2.21. The van der Waals surface area contributed by atoms with Crippen molar-refractivity contribution in [1.29, 1.82) is 0 Å². The Morgan fingerprint density at radius 2 is 1.95 bits per heavy atom. The molecule has 108 valence electrons. The maximum atomic E-state index is 6.16. The fraction of sp³-hybridized carbons (Fsp3) is 0.400. The van der Waals surface area contributed by atoms with Crippen LogP contribution in [0, 0.1) is 0 Å². The van der Waals surface area contributed by atoms with E-state index < -0.39 is 0 Å². The molecule has 5 heteroatoms. The molecule has 0 fully saturated rings. The Balaban J connectivity index is 2.04. The molecule has 1 heterocycles. The summed E-state index contributed by atoms with van der Waals surface area (Å²) in [5.41, 5.74) is 2.07. The van der Waals surface area contributed by atoms with Gasteiger partial charge in [0, 0.05) is 28.3 Å². The monoisotopic (exact) mass is 311 g/mol. The van der Waals surface area contributed by atoms with Gasteiger partial charge in [-0.15, -0.1) is 0 Å². The molecule has 3 nitrogen and oxygen atoms in total. The van der Waals surface area contributed by atoms with Crippen LogP contribution in [0.1, 0.15) is 32.0 Å². The van der Waals surface area contributed by atoms with Crippen LogP contribution in [0.5, 0.6) is 0 Å². The van der Waals surface area contributed by atoms with Gasteiger partial charge in [-0.1, -0.05) is 23.2 Å². The van der Waals surface area contributed by atoms with Crippen LogP contribution in [-0.4, -0.2) is 15.3 Å². The van der Waals surface area contributed by atoms with Crippen LogP contribution < -0.4 is 5.32 Å². The van der Waals surface area contributed by atoms with E-state index in [9.17, 15) is 0 Å². The Bertz CT molecular complexity index is 585. The van der Waals surface area contributed by atoms with Crippen molar-refractivity contribution in [3.05, 3.63) is 51.8 Å². The fourth-order valence-electron chi connectivity index (χ4n) is 1.78. The van der Waals surface area contributed by atoms with Gasteiger partial charge in [-0.05, 0) is 50.6 Å². The van der Waals surface area contributed by atoms with Crippen molar-refractivity contribution >= 4 is 23.2 Å². The zero-order valence-corrected chi connectivity index (χ0v) is 13.5. The van der Waals surface area contributed by atoms with Gasteiger partial charge in [-0.2, -0.15) is 5.10 Å². The van der Waals surface area contributed by atoms with E-state index in [1.165, 1.54) is 0 Å². The molecule has 0 aliphatic heterocycles. The number of hydrogen-bond acceptors (Lipinski definition) is 2. The molecule has 2 aromatic rings. The van der Waals surface area contributed by atoms with Crippen LogP contribution in [0.2, 0.25) is 10.0 Å². The van der Waals surface area contributed by atoms with Gasteiger partial charge >= 0.3 is 0 Å². The van der Waals surface area contributed by atoms with Crippen molar-refractivity contribution in [1.82, 2.24) is 15.1 Å². The molecular formula is C15H19Cl2N3. The van der Waals surface area contributed by atoms with Gasteiger partial charge in [0.25, 0.3) is 0 Å². The molecule has 2 rings (SSSR count). The van der Waals surface area contributed by atoms with E-state index in [-0.39, 0.29) is 5.54 Å². The summed E-state index contributed by atoms with van der Waals surface area (Å²) < 4.78 is 1.87. The van der Waals surface area contributed by atoms with Crippen molar-refractivity contribution in [2.24, 2.45) is 0 Å². The summed E-state index contributed by atoms with van der Waals surface area (Å²) in [5.74, 6) is 0. The third-order valence-electron chi connectivity index (χ3n) is 2.84. The molecule has 0 unspecified atom stereocenters. The molecule has 0 radical (unpaired) electrons. The van der Waals surface area contributed by atoms with Crippen molar-refractivity contribution in [3.8, 4) is 0 Å². The van der Waals surface area contributed by atoms with Crippen LogP contribution in [0.3, 0.4) is 0 Å². The van der Waals surface area contributed by atoms with E-state index >= 15 is 0 Å². The summed E-state index contributed by atoms with van der Waals surface area (Å²) in [6.45, 7) is 7.77. The Morgan fingerprint density at radius 1 is 1.20 bits per heavy atom. The minimum absolute atomic E-state index is 0.0834. The summed E-state index contributed by atoms with van der Waals surface area (Å²) in [4.78, 5) is 0. The average Bonchev–Trinajstić information content (AvgIpc) is 2.78. The van der Waals surface area contributed by atoms with Crippen molar-refractivity contribution in [3.63, 3.8) is 0 Å². The third-order valence-corrected chi connectivity index (χ3v) is 3.44. The second-order valence-corrected chi connectivity index (χ2v) is 6.69. The largest absolute Gasteiger partial charge is 0.306 e. The van der Waals surface area contributed by atoms with Gasteiger partial charge in [-0.3, -0.25) is 4.68 Å². The third kappa shape index (κ3) is 4.51. The molecule has 1 aromatic carbocycles. The first-order valence-electron chi connectivity index (χ1n) is 6.55. The molecular weight excluding hydrogens is 293 g/mol. The number of nitrogens with zero attached hydrogens (tertiary/aromatic N) is 2. The van der Waals surface area contributed by atoms with Crippen LogP contribution in [0.25, 0.3) is 0 Å². The van der Waals surface area contributed by atoms with Crippen LogP contribution in [0.15, 0.2) is 30.5 Å². The molecule has 1 N–H and O–H groups in total. The van der Waals surface area contributed by atoms with Crippen LogP contribution in [-0.2, 0) is 13.1 Å². The highest BCUT2D eigenvalue weighted by molar-refractivity contribution is 6.33. The first-order chi connectivity index (χ1) is 9.33. The predicted octanol–water partition coefficient (Wildman–Crippen LogP) is 4.13. The SMILES string of the molecule is CC(C)(C)NCc1ccn(Cc2cc(Cl)ccc2Cl)n1. The predicted molar refractivity (Wildman–Crippen MR) is 84.4 cm³/mol. The smallest absolute Gasteiger partial charge is 0.0762 e. The van der Waals surface area contributed by atoms with Crippen LogP contribution in [0.4, 0.5) is 0 Å². The minimum atomic E-state index is 0.0834. The molecule has 20 heavy (non-hydrogen) atoms. The molecule has 0 saturated heterocycles. The summed E-state index contributed by atoms with van der Waals surface area (Å²) in [6, 6.07) is 7.48. The molecule has 0 spiro atoms. The van der Waals surface area contributed by atoms with E-state index in [1.54, 1.807) is 6.07 Å². The van der Waals surface area contributed by atoms with Gasteiger partial charge < -0.3 is 5.32 Å². The van der Waals surface area contributed by atoms with Gasteiger partial charge in [0.2, 0.25) is 0 Å². The van der Waals surface area contributed by atoms with E-state index in [4.69, 9.17) is 23.2 Å². The number of rotatable bonds is 4. The minimum Gasteiger partial charge on any atom is -0.306 e. The van der Waals surface area contributed by atoms with Crippen molar-refractivity contribution in [2.75, 3.05) is 0 Å². The maximum Gasteiger partial charge on any atom is 0.0762 e. The zero-order valence-electron chi connectivity index (χ0n) is 12.0. The lowest BCUT2D eigenvalue weighted by Gasteiger charge is -2.19. The summed E-state index contributed by atoms with van der Waals surface area (Å²) >= 11 is 12.2. The Hall–Kier alpha value is -1.03. The van der Waals surface area contributed by atoms with E-state index in [2.05, 4.69) is 31.2 Å². The number of nitrogens with one attached hydrogen (secondary N) is 1. The normalized spacial score (nSPS) is 11.8. The van der Waals surface area contributed by atoms with Crippen LogP contribution >= 0.6 is 23.2 Å². The van der Waals surface area contributed by atoms with Gasteiger partial charge in [0.05, 0.1) is 12.2 Å². The molecule has 0 amide bonds. The van der Waals surface area contributed by atoms with Crippen molar-refractivity contribution < 1.29 is 0 Å². The van der Waals surface area contributed by atoms with E-state index in [0.717, 1.165) is 17.8 Å². The second kappa shape index (κ2) is 6.17. The van der Waals surface area contributed by atoms with Crippen molar-refractivity contribution in [2.45, 2.75) is 39.4 Å². The highest BCUT2D eigenvalue weighted by atomic mass is 35.5. The Labute approximate surface area is 129 Å². The highest BCUT2D eigenvalue weighted by Gasteiger charge is 2.10. The van der Waals surface area contributed by atoms with Gasteiger partial charge in [0.15, 0.2) is 0 Å². The Kier molecular flexibility index (Phi) is 4.74. The first-order valence-corrected chi connectivity index (χ1v) is 7.30. The van der Waals surface area contributed by atoms with Gasteiger partial charge in [-0.25, -0.2) is 0 Å². The van der Waals surface area contributed by atoms with E-state index in [1.807, 2.05) is 29.1 Å². The number of hydrogen-bond donors (Lipinski definition) is 1. The molecule has 1 aromatic heterocycles. The second-order valence-electron chi connectivity index (χ2n) is 5.84. The topological polar surface area (TPSA) is 29.9 Å². The quantitative estimate of drug-likeness (QED) is 0.920. The molecule has 0 atom stereocenters. The number of halogens is 2. The lowest BCUT2D eigenvalue weighted by molar-refractivity contribution is 0.419. The molecule has 0 aliphatic carbocycles. The Morgan fingerprint density at radius 3 is 2.65 bits per heavy atom. The first kappa shape index (κ1) is 15.4. The lowest BCUT2D eigenvalue weighted by Crippen LogP contribution is -2.35. The molecule has 0 bridgehead atoms. The average molecular weight is 312 g/mol. The number of benzene rings is 1. The molecule has 0 saturated carbocycles. The van der Waals surface area contributed by atoms with E-state index in [0.29, 0.717) is 16.6 Å². The maximum absolute atomic E-state index is 6.16. The zero-order chi connectivity index (χ0) is 14.8. The van der Waals surface area contributed by atoms with Gasteiger partial charge in [0.1, 0.15) is 0 Å².